The quantitative estimate of drug-likeness (QED) is 0.436. The minimum absolute atomic E-state index is 0.561. The predicted octanol–water partition coefficient (Wildman–Crippen LogP) is 2.01. The third-order valence-corrected chi connectivity index (χ3v) is 1.81. The Labute approximate surface area is 83.1 Å². The van der Waals surface area contributed by atoms with E-state index in [0.717, 1.165) is 12.1 Å². The van der Waals surface area contributed by atoms with E-state index in [1.807, 2.05) is 0 Å². The van der Waals surface area contributed by atoms with Crippen molar-refractivity contribution in [2.75, 3.05) is 0 Å². The minimum atomic E-state index is -4.58. The van der Waals surface area contributed by atoms with Gasteiger partial charge in [-0.2, -0.15) is 13.2 Å². The third-order valence-electron chi connectivity index (χ3n) is 1.61. The monoisotopic (exact) mass is 225 g/mol. The Morgan fingerprint density at radius 2 is 1.57 bits per heavy atom. The lowest BCUT2D eigenvalue weighted by atomic mass is 10.1. The van der Waals surface area contributed by atoms with E-state index in [2.05, 4.69) is 0 Å². The molecule has 0 amide bonds. The number of nitrogens with two attached hydrogens (primary N) is 1. The fourth-order valence-corrected chi connectivity index (χ4v) is 1.20. The molecule has 78 valence electrons. The van der Waals surface area contributed by atoms with Crippen molar-refractivity contribution in [3.05, 3.63) is 35.4 Å². The smallest absolute Gasteiger partial charge is 0.359 e. The van der Waals surface area contributed by atoms with Gasteiger partial charge in [0.2, 0.25) is 5.18 Å². The van der Waals surface area contributed by atoms with Crippen LogP contribution in [0, 0.1) is 0 Å². The molecule has 0 aromatic heterocycles. The van der Waals surface area contributed by atoms with E-state index in [9.17, 15) is 13.2 Å². The van der Waals surface area contributed by atoms with Gasteiger partial charge in [0, 0.05) is 5.56 Å². The molecule has 2 nitrogen and oxygen atoms in total. The normalized spacial score (nSPS) is 16.4. The second-order valence-electron chi connectivity index (χ2n) is 2.72. The Kier molecular flexibility index (Phi) is 2.76. The largest absolute Gasteiger partial charge is 0.416 e. The Bertz CT molecular complexity index is 299. The minimum Gasteiger partial charge on any atom is -0.359 e. The van der Waals surface area contributed by atoms with Crippen molar-refractivity contribution >= 4 is 11.6 Å². The van der Waals surface area contributed by atoms with Gasteiger partial charge in [0.15, 0.2) is 0 Å². The topological polar surface area (TPSA) is 46.2 Å². The van der Waals surface area contributed by atoms with Gasteiger partial charge in [-0.15, -0.1) is 0 Å². The molecule has 0 aliphatic rings. The number of rotatable bonds is 1. The van der Waals surface area contributed by atoms with Crippen LogP contribution in [0.1, 0.15) is 11.1 Å². The molecule has 1 unspecified atom stereocenters. The molecule has 1 atom stereocenters. The van der Waals surface area contributed by atoms with Gasteiger partial charge < -0.3 is 5.11 Å². The van der Waals surface area contributed by atoms with Gasteiger partial charge in [0.05, 0.1) is 5.56 Å². The molecule has 1 rings (SSSR count). The highest BCUT2D eigenvalue weighted by molar-refractivity contribution is 6.22. The van der Waals surface area contributed by atoms with Crippen LogP contribution in [0.5, 0.6) is 0 Å². The maximum absolute atomic E-state index is 12.4. The molecule has 0 saturated heterocycles. The standard InChI is InChI=1S/C8H7ClF3NO/c9-7(13,14)5-3-1-2-4-6(5)8(10,11)12/h1-4,14H,13H2. The van der Waals surface area contributed by atoms with Crippen molar-refractivity contribution in [3.8, 4) is 0 Å². The van der Waals surface area contributed by atoms with Crippen molar-refractivity contribution in [2.24, 2.45) is 5.73 Å². The second kappa shape index (κ2) is 3.42. The molecule has 0 spiro atoms. The SMILES string of the molecule is NC(O)(Cl)c1ccccc1C(F)(F)F. The average molecular weight is 226 g/mol. The highest BCUT2D eigenvalue weighted by atomic mass is 35.5. The van der Waals surface area contributed by atoms with Crippen LogP contribution in [0.15, 0.2) is 24.3 Å². The first-order valence-electron chi connectivity index (χ1n) is 3.60. The Hall–Kier alpha value is -0.780. The molecule has 0 saturated carbocycles. The Morgan fingerprint density at radius 1 is 1.14 bits per heavy atom. The summed E-state index contributed by atoms with van der Waals surface area (Å²) in [6.07, 6.45) is -4.58. The number of hydrogen-bond donors (Lipinski definition) is 2. The van der Waals surface area contributed by atoms with Crippen LogP contribution in [-0.2, 0) is 11.4 Å². The summed E-state index contributed by atoms with van der Waals surface area (Å²) in [5.41, 5.74) is 3.37. The fraction of sp³-hybridized carbons (Fsp3) is 0.250. The molecule has 6 heteroatoms. The third kappa shape index (κ3) is 2.37. The number of aliphatic hydroxyl groups is 1. The van der Waals surface area contributed by atoms with Crippen LogP contribution in [0.3, 0.4) is 0 Å². The number of hydrogen-bond acceptors (Lipinski definition) is 2. The van der Waals surface area contributed by atoms with E-state index in [-0.39, 0.29) is 0 Å². The maximum Gasteiger partial charge on any atom is 0.416 e. The lowest BCUT2D eigenvalue weighted by Gasteiger charge is -2.20. The Balaban J connectivity index is 3.31. The summed E-state index contributed by atoms with van der Waals surface area (Å²) < 4.78 is 37.1. The van der Waals surface area contributed by atoms with E-state index in [1.165, 1.54) is 12.1 Å². The van der Waals surface area contributed by atoms with Gasteiger partial charge in [-0.05, 0) is 6.07 Å². The summed E-state index contributed by atoms with van der Waals surface area (Å²) in [6, 6.07) is 4.32. The number of alkyl halides is 4. The Morgan fingerprint density at radius 3 is 1.86 bits per heavy atom. The molecule has 1 aromatic carbocycles. The highest BCUT2D eigenvalue weighted by Gasteiger charge is 2.37. The van der Waals surface area contributed by atoms with Crippen molar-refractivity contribution < 1.29 is 18.3 Å². The van der Waals surface area contributed by atoms with Gasteiger partial charge in [0.1, 0.15) is 0 Å². The van der Waals surface area contributed by atoms with E-state index in [0.29, 0.717) is 0 Å². The first-order valence-corrected chi connectivity index (χ1v) is 3.97. The molecule has 1 aromatic rings. The van der Waals surface area contributed by atoms with E-state index >= 15 is 0 Å². The van der Waals surface area contributed by atoms with Crippen LogP contribution in [0.25, 0.3) is 0 Å². The second-order valence-corrected chi connectivity index (χ2v) is 3.29. The molecular weight excluding hydrogens is 219 g/mol. The summed E-state index contributed by atoms with van der Waals surface area (Å²) >= 11 is 5.20. The average Bonchev–Trinajstić information content (AvgIpc) is 2.01. The van der Waals surface area contributed by atoms with Crippen LogP contribution >= 0.6 is 11.6 Å². The number of benzene rings is 1. The molecule has 0 radical (unpaired) electrons. The zero-order valence-electron chi connectivity index (χ0n) is 6.85. The molecule has 3 N–H and O–H groups in total. The highest BCUT2D eigenvalue weighted by Crippen LogP contribution is 2.36. The van der Waals surface area contributed by atoms with Crippen molar-refractivity contribution in [1.82, 2.24) is 0 Å². The van der Waals surface area contributed by atoms with Gasteiger partial charge in [0.25, 0.3) is 0 Å². The van der Waals surface area contributed by atoms with Gasteiger partial charge >= 0.3 is 6.18 Å². The number of halogens is 4. The molecule has 14 heavy (non-hydrogen) atoms. The lowest BCUT2D eigenvalue weighted by Crippen LogP contribution is -2.32. The summed E-state index contributed by atoms with van der Waals surface area (Å²) in [6.45, 7) is 0. The first kappa shape index (κ1) is 11.3. The summed E-state index contributed by atoms with van der Waals surface area (Å²) in [5, 5.41) is 6.57. The summed E-state index contributed by atoms with van der Waals surface area (Å²) in [4.78, 5) is 0. The van der Waals surface area contributed by atoms with Crippen LogP contribution in [0.4, 0.5) is 13.2 Å². The van der Waals surface area contributed by atoms with Crippen molar-refractivity contribution in [1.29, 1.82) is 0 Å². The molecular formula is C8H7ClF3NO. The molecule has 0 fully saturated rings. The van der Waals surface area contributed by atoms with E-state index in [1.54, 1.807) is 0 Å². The van der Waals surface area contributed by atoms with Crippen LogP contribution in [0.2, 0.25) is 0 Å². The van der Waals surface area contributed by atoms with Crippen LogP contribution < -0.4 is 5.73 Å². The maximum atomic E-state index is 12.4. The van der Waals surface area contributed by atoms with Gasteiger partial charge in [-0.25, -0.2) is 0 Å². The summed E-state index contributed by atoms with van der Waals surface area (Å²) in [7, 11) is 0. The predicted molar refractivity (Wildman–Crippen MR) is 45.4 cm³/mol. The molecule has 0 aliphatic heterocycles. The molecule has 0 aliphatic carbocycles. The molecule has 0 bridgehead atoms. The zero-order chi connectivity index (χ0) is 11.0. The van der Waals surface area contributed by atoms with Crippen molar-refractivity contribution in [2.45, 2.75) is 11.4 Å². The van der Waals surface area contributed by atoms with Gasteiger partial charge in [-0.3, -0.25) is 5.73 Å². The lowest BCUT2D eigenvalue weighted by molar-refractivity contribution is -0.139. The fourth-order valence-electron chi connectivity index (χ4n) is 1.04. The molecule has 0 heterocycles. The van der Waals surface area contributed by atoms with Gasteiger partial charge in [-0.1, -0.05) is 29.8 Å². The first-order chi connectivity index (χ1) is 6.23. The van der Waals surface area contributed by atoms with E-state index in [4.69, 9.17) is 22.4 Å². The zero-order valence-corrected chi connectivity index (χ0v) is 7.60. The summed E-state index contributed by atoms with van der Waals surface area (Å²) in [5.74, 6) is 0. The van der Waals surface area contributed by atoms with Crippen LogP contribution in [-0.4, -0.2) is 5.11 Å². The van der Waals surface area contributed by atoms with Crippen molar-refractivity contribution in [3.63, 3.8) is 0 Å². The van der Waals surface area contributed by atoms with E-state index < -0.39 is 22.5 Å².